The first kappa shape index (κ1) is 17.4. The van der Waals surface area contributed by atoms with Gasteiger partial charge in [-0.05, 0) is 50.3 Å². The lowest BCUT2D eigenvalue weighted by atomic mass is 9.82. The molecule has 0 saturated heterocycles. The first-order valence-electron chi connectivity index (χ1n) is 7.44. The van der Waals surface area contributed by atoms with E-state index in [1.165, 1.54) is 12.1 Å². The first-order valence-corrected chi connectivity index (χ1v) is 8.92. The summed E-state index contributed by atoms with van der Waals surface area (Å²) in [5, 5.41) is 8.67. The van der Waals surface area contributed by atoms with Gasteiger partial charge in [0, 0.05) is 0 Å². The van der Waals surface area contributed by atoms with Gasteiger partial charge >= 0.3 is 5.97 Å². The Bertz CT molecular complexity index is 694. The van der Waals surface area contributed by atoms with Gasteiger partial charge in [-0.3, -0.25) is 9.59 Å². The Balaban J connectivity index is 0.000000168. The van der Waals surface area contributed by atoms with Gasteiger partial charge in [0.05, 0.1) is 11.5 Å². The van der Waals surface area contributed by atoms with E-state index in [0.29, 0.717) is 12.5 Å². The van der Waals surface area contributed by atoms with Crippen LogP contribution in [0.25, 0.3) is 0 Å². The van der Waals surface area contributed by atoms with Crippen molar-refractivity contribution in [2.45, 2.75) is 30.6 Å². The number of fused-ring (bicyclic) bond motifs is 1. The van der Waals surface area contributed by atoms with Crippen molar-refractivity contribution < 1.29 is 23.1 Å². The lowest BCUT2D eigenvalue weighted by Gasteiger charge is -2.24. The molecule has 0 atom stereocenters. The second-order valence-corrected chi connectivity index (χ2v) is 7.37. The number of hydrogen-bond acceptors (Lipinski definition) is 5. The molecule has 7 nitrogen and oxygen atoms in total. The van der Waals surface area contributed by atoms with Crippen LogP contribution in [-0.2, 0) is 14.8 Å². The molecule has 0 unspecified atom stereocenters. The maximum atomic E-state index is 11.1. The summed E-state index contributed by atoms with van der Waals surface area (Å²) in [6, 6.07) is 6.09. The Morgan fingerprint density at radius 3 is 2.35 bits per heavy atom. The maximum Gasteiger partial charge on any atom is 0.306 e. The van der Waals surface area contributed by atoms with E-state index in [2.05, 4.69) is 0 Å². The van der Waals surface area contributed by atoms with Crippen molar-refractivity contribution in [1.82, 2.24) is 4.72 Å². The highest BCUT2D eigenvalue weighted by atomic mass is 32.2. The van der Waals surface area contributed by atoms with E-state index < -0.39 is 21.9 Å². The summed E-state index contributed by atoms with van der Waals surface area (Å²) in [7, 11) is -3.55. The molecule has 0 bridgehead atoms. The fourth-order valence-electron chi connectivity index (χ4n) is 2.77. The van der Waals surface area contributed by atoms with Crippen LogP contribution in [0.15, 0.2) is 29.2 Å². The largest absolute Gasteiger partial charge is 0.481 e. The number of carbonyl (C=O) groups excluding carboxylic acids is 1. The number of carbonyl (C=O) groups is 2. The fraction of sp³-hybridized carbons (Fsp3) is 0.467. The summed E-state index contributed by atoms with van der Waals surface area (Å²) < 4.78 is 24.2. The van der Waals surface area contributed by atoms with Crippen LogP contribution in [-0.4, -0.2) is 31.9 Å². The van der Waals surface area contributed by atoms with Crippen LogP contribution in [0.2, 0.25) is 0 Å². The minimum absolute atomic E-state index is 0.0648. The molecule has 23 heavy (non-hydrogen) atoms. The van der Waals surface area contributed by atoms with Crippen molar-refractivity contribution in [3.63, 3.8) is 0 Å². The number of nitrogens with one attached hydrogen (secondary N) is 1. The number of carboxylic acids is 1. The maximum absolute atomic E-state index is 11.1. The number of benzene rings is 1. The first-order chi connectivity index (χ1) is 10.8. The molecule has 1 amide bonds. The van der Waals surface area contributed by atoms with Gasteiger partial charge in [0.15, 0.2) is 0 Å². The molecule has 1 saturated carbocycles. The summed E-state index contributed by atoms with van der Waals surface area (Å²) in [6.07, 6.45) is 3.62. The molecule has 0 radical (unpaired) electrons. The van der Waals surface area contributed by atoms with Gasteiger partial charge in [0.25, 0.3) is 15.9 Å². The average Bonchev–Trinajstić information content (AvgIpc) is 2.78. The van der Waals surface area contributed by atoms with E-state index in [0.717, 1.165) is 25.7 Å². The van der Waals surface area contributed by atoms with Gasteiger partial charge < -0.3 is 10.8 Å². The zero-order valence-corrected chi connectivity index (χ0v) is 13.4. The van der Waals surface area contributed by atoms with E-state index in [4.69, 9.17) is 10.8 Å². The van der Waals surface area contributed by atoms with Crippen LogP contribution < -0.4 is 10.5 Å². The van der Waals surface area contributed by atoms with Crippen LogP contribution in [0, 0.1) is 11.8 Å². The molecular formula is C15H20N2O5S. The lowest BCUT2D eigenvalue weighted by molar-refractivity contribution is -0.143. The Labute approximate surface area is 134 Å². The summed E-state index contributed by atoms with van der Waals surface area (Å²) in [5.41, 5.74) is 5.70. The molecule has 0 spiro atoms. The number of amides is 1. The van der Waals surface area contributed by atoms with Crippen molar-refractivity contribution in [1.29, 1.82) is 0 Å². The van der Waals surface area contributed by atoms with Crippen LogP contribution in [0.5, 0.6) is 0 Å². The van der Waals surface area contributed by atoms with E-state index in [-0.39, 0.29) is 16.4 Å². The summed E-state index contributed by atoms with van der Waals surface area (Å²) >= 11 is 0. The summed E-state index contributed by atoms with van der Waals surface area (Å²) in [6.45, 7) is 0.715. The second-order valence-electron chi connectivity index (χ2n) is 5.72. The number of rotatable bonds is 2. The molecule has 1 aliphatic heterocycles. The molecule has 4 N–H and O–H groups in total. The molecule has 2 aliphatic rings. The monoisotopic (exact) mass is 340 g/mol. The third-order valence-corrected chi connectivity index (χ3v) is 5.57. The van der Waals surface area contributed by atoms with Gasteiger partial charge in [-0.1, -0.05) is 12.1 Å². The molecule has 3 rings (SSSR count). The Kier molecular flexibility index (Phi) is 5.38. The van der Waals surface area contributed by atoms with Crippen LogP contribution in [0.1, 0.15) is 36.0 Å². The van der Waals surface area contributed by atoms with Gasteiger partial charge in [0.2, 0.25) is 0 Å². The van der Waals surface area contributed by atoms with E-state index in [1.807, 2.05) is 4.72 Å². The van der Waals surface area contributed by atoms with Crippen molar-refractivity contribution >= 4 is 21.9 Å². The molecule has 1 aromatic rings. The topological polar surface area (TPSA) is 127 Å². The normalized spacial score (nSPS) is 24.8. The quantitative estimate of drug-likeness (QED) is 0.736. The highest BCUT2D eigenvalue weighted by molar-refractivity contribution is 7.90. The van der Waals surface area contributed by atoms with Gasteiger partial charge in [-0.2, -0.15) is 0 Å². The SMILES string of the molecule is NC[C@H]1CC[C@H](C(=O)O)CC1.O=C1NS(=O)(=O)c2ccccc21. The molecule has 126 valence electrons. The molecule has 8 heteroatoms. The fourth-order valence-corrected chi connectivity index (χ4v) is 3.94. The zero-order valence-electron chi connectivity index (χ0n) is 12.6. The number of nitrogens with two attached hydrogens (primary N) is 1. The number of carboxylic acid groups (broad SMARTS) is 1. The third-order valence-electron chi connectivity index (χ3n) is 4.18. The smallest absolute Gasteiger partial charge is 0.306 e. The van der Waals surface area contributed by atoms with E-state index >= 15 is 0 Å². The Morgan fingerprint density at radius 2 is 1.83 bits per heavy atom. The van der Waals surface area contributed by atoms with Crippen LogP contribution in [0.4, 0.5) is 0 Å². The minimum Gasteiger partial charge on any atom is -0.481 e. The van der Waals surface area contributed by atoms with Crippen LogP contribution in [0.3, 0.4) is 0 Å². The lowest BCUT2D eigenvalue weighted by Crippen LogP contribution is -2.25. The Morgan fingerprint density at radius 1 is 1.22 bits per heavy atom. The van der Waals surface area contributed by atoms with E-state index in [9.17, 15) is 18.0 Å². The predicted octanol–water partition coefficient (Wildman–Crippen LogP) is 0.955. The number of sulfonamides is 1. The van der Waals surface area contributed by atoms with Crippen LogP contribution >= 0.6 is 0 Å². The van der Waals surface area contributed by atoms with Crippen molar-refractivity contribution in [2.75, 3.05) is 6.54 Å². The number of aliphatic carboxylic acids is 1. The van der Waals surface area contributed by atoms with Gasteiger partial charge in [-0.25, -0.2) is 13.1 Å². The highest BCUT2D eigenvalue weighted by Crippen LogP contribution is 2.27. The zero-order chi connectivity index (χ0) is 17.0. The highest BCUT2D eigenvalue weighted by Gasteiger charge is 2.31. The van der Waals surface area contributed by atoms with Crippen molar-refractivity contribution in [3.8, 4) is 0 Å². The van der Waals surface area contributed by atoms with Crippen molar-refractivity contribution in [3.05, 3.63) is 29.8 Å². The minimum atomic E-state index is -3.55. The summed E-state index contributed by atoms with van der Waals surface area (Å²) in [4.78, 5) is 21.6. The van der Waals surface area contributed by atoms with E-state index in [1.54, 1.807) is 12.1 Å². The standard InChI is InChI=1S/C8H15NO2.C7H5NO3S/c9-5-6-1-3-7(4-2-6)8(10)11;9-7-5-3-1-2-4-6(5)12(10,11)8-7/h6-7H,1-5,9H2,(H,10,11);1-4H,(H,8,9)/t6-,7-;. The average molecular weight is 340 g/mol. The Hall–Kier alpha value is -1.93. The predicted molar refractivity (Wildman–Crippen MR) is 83.2 cm³/mol. The molecule has 0 aromatic heterocycles. The molecular weight excluding hydrogens is 320 g/mol. The molecule has 1 fully saturated rings. The molecule has 1 aromatic carbocycles. The third kappa shape index (κ3) is 4.08. The van der Waals surface area contributed by atoms with Gasteiger partial charge in [0.1, 0.15) is 4.90 Å². The summed E-state index contributed by atoms with van der Waals surface area (Å²) in [5.74, 6) is -0.713. The van der Waals surface area contributed by atoms with Gasteiger partial charge in [-0.15, -0.1) is 0 Å². The number of hydrogen-bond donors (Lipinski definition) is 3. The molecule has 1 aliphatic carbocycles. The van der Waals surface area contributed by atoms with Crippen molar-refractivity contribution in [2.24, 2.45) is 17.6 Å². The molecule has 1 heterocycles. The second kappa shape index (κ2) is 7.10.